The van der Waals surface area contributed by atoms with E-state index in [4.69, 9.17) is 0 Å². The molecule has 0 radical (unpaired) electrons. The Morgan fingerprint density at radius 1 is 1.14 bits per heavy atom. The molecule has 0 aromatic heterocycles. The topological polar surface area (TPSA) is 49.7 Å². The molecule has 1 aromatic carbocycles. The number of thioether (sulfide) groups is 1. The number of carbonyl (C=O) groups is 2. The molecule has 1 saturated heterocycles. The summed E-state index contributed by atoms with van der Waals surface area (Å²) in [6, 6.07) is 8.07. The Morgan fingerprint density at radius 3 is 2.57 bits per heavy atom. The number of benzene rings is 1. The zero-order valence-electron chi connectivity index (χ0n) is 16.1. The standard InChI is InChI=1S/C23H24N2O2S/c1-16-6-8-17(9-7-16)14-21-22(26)24-19-15-18(10-11-20(19)28-21)23(27)25-12-4-2-3-5-13-25/h6-11,14-15,20H,2-5,12-13H2,1H3/b21-14+. The molecule has 0 saturated carbocycles. The first-order valence-corrected chi connectivity index (χ1v) is 10.8. The molecule has 2 heterocycles. The van der Waals surface area contributed by atoms with E-state index in [0.717, 1.165) is 31.5 Å². The number of hydrogen-bond acceptors (Lipinski definition) is 3. The van der Waals surface area contributed by atoms with Gasteiger partial charge in [0.2, 0.25) is 0 Å². The average molecular weight is 393 g/mol. The number of fused-ring (bicyclic) bond motifs is 1. The van der Waals surface area contributed by atoms with Crippen LogP contribution in [0.1, 0.15) is 36.8 Å². The monoisotopic (exact) mass is 392 g/mol. The van der Waals surface area contributed by atoms with Crippen LogP contribution in [0.5, 0.6) is 0 Å². The third-order valence-corrected chi connectivity index (χ3v) is 6.46. The smallest absolute Gasteiger partial charge is 0.283 e. The molecule has 1 atom stereocenters. The minimum atomic E-state index is -0.232. The van der Waals surface area contributed by atoms with Gasteiger partial charge in [0.05, 0.1) is 15.9 Å². The molecule has 2 amide bonds. The minimum Gasteiger partial charge on any atom is -0.339 e. The Labute approximate surface area is 170 Å². The lowest BCUT2D eigenvalue weighted by molar-refractivity contribution is -0.126. The summed E-state index contributed by atoms with van der Waals surface area (Å²) in [5, 5.41) is -0.0184. The van der Waals surface area contributed by atoms with Crippen LogP contribution in [-0.4, -0.2) is 40.8 Å². The maximum absolute atomic E-state index is 12.8. The number of carbonyl (C=O) groups excluding carboxylic acids is 2. The Bertz CT molecular complexity index is 901. The van der Waals surface area contributed by atoms with Crippen molar-refractivity contribution < 1.29 is 9.59 Å². The van der Waals surface area contributed by atoms with Crippen molar-refractivity contribution in [1.82, 2.24) is 4.90 Å². The first-order valence-electron chi connectivity index (χ1n) is 9.87. The Kier molecular flexibility index (Phi) is 5.62. The van der Waals surface area contributed by atoms with Crippen molar-refractivity contribution in [2.24, 2.45) is 4.99 Å². The molecule has 0 N–H and O–H groups in total. The van der Waals surface area contributed by atoms with Crippen LogP contribution in [-0.2, 0) is 9.59 Å². The fourth-order valence-corrected chi connectivity index (χ4v) is 4.66. The van der Waals surface area contributed by atoms with Gasteiger partial charge >= 0.3 is 0 Å². The molecule has 1 unspecified atom stereocenters. The molecule has 0 bridgehead atoms. The lowest BCUT2D eigenvalue weighted by Gasteiger charge is -2.25. The van der Waals surface area contributed by atoms with Gasteiger partial charge in [0.15, 0.2) is 0 Å². The van der Waals surface area contributed by atoms with Gasteiger partial charge in [-0.1, -0.05) is 54.8 Å². The summed E-state index contributed by atoms with van der Waals surface area (Å²) in [6.07, 6.45) is 12.1. The molecule has 2 aliphatic heterocycles. The summed E-state index contributed by atoms with van der Waals surface area (Å²) in [6.45, 7) is 3.67. The number of hydrogen-bond donors (Lipinski definition) is 0. The fourth-order valence-electron chi connectivity index (χ4n) is 3.63. The summed E-state index contributed by atoms with van der Waals surface area (Å²) in [7, 11) is 0. The summed E-state index contributed by atoms with van der Waals surface area (Å²) in [5.41, 5.74) is 3.49. The predicted molar refractivity (Wildman–Crippen MR) is 115 cm³/mol. The van der Waals surface area contributed by atoms with E-state index in [1.807, 2.05) is 54.3 Å². The van der Waals surface area contributed by atoms with Gasteiger partial charge in [-0.3, -0.25) is 9.59 Å². The third-order valence-electron chi connectivity index (χ3n) is 5.26. The predicted octanol–water partition coefficient (Wildman–Crippen LogP) is 4.32. The molecule has 0 spiro atoms. The van der Waals surface area contributed by atoms with Crippen molar-refractivity contribution in [3.8, 4) is 0 Å². The van der Waals surface area contributed by atoms with Crippen LogP contribution in [0.15, 0.2) is 58.0 Å². The van der Waals surface area contributed by atoms with Crippen molar-refractivity contribution in [2.75, 3.05) is 13.1 Å². The number of likely N-dealkylation sites (tertiary alicyclic amines) is 1. The first-order chi connectivity index (χ1) is 13.6. The van der Waals surface area contributed by atoms with Gasteiger partial charge in [0.1, 0.15) is 0 Å². The highest BCUT2D eigenvalue weighted by Gasteiger charge is 2.29. The van der Waals surface area contributed by atoms with E-state index < -0.39 is 0 Å². The van der Waals surface area contributed by atoms with Gasteiger partial charge in [0, 0.05) is 18.7 Å². The van der Waals surface area contributed by atoms with Gasteiger partial charge in [-0.25, -0.2) is 4.99 Å². The number of amides is 2. The van der Waals surface area contributed by atoms with E-state index >= 15 is 0 Å². The molecular weight excluding hydrogens is 368 g/mol. The minimum absolute atomic E-state index is 0.0184. The van der Waals surface area contributed by atoms with Crippen molar-refractivity contribution in [1.29, 1.82) is 0 Å². The maximum atomic E-state index is 12.8. The summed E-state index contributed by atoms with van der Waals surface area (Å²) >= 11 is 1.50. The molecule has 5 heteroatoms. The summed E-state index contributed by atoms with van der Waals surface area (Å²) in [4.78, 5) is 32.2. The lowest BCUT2D eigenvalue weighted by Crippen LogP contribution is -2.34. The van der Waals surface area contributed by atoms with Crippen molar-refractivity contribution in [2.45, 2.75) is 37.9 Å². The third kappa shape index (κ3) is 4.20. The highest BCUT2D eigenvalue weighted by Crippen LogP contribution is 2.34. The largest absolute Gasteiger partial charge is 0.339 e. The van der Waals surface area contributed by atoms with Gasteiger partial charge < -0.3 is 4.90 Å². The van der Waals surface area contributed by atoms with Gasteiger partial charge in [0.25, 0.3) is 11.8 Å². The van der Waals surface area contributed by atoms with Crippen LogP contribution < -0.4 is 0 Å². The SMILES string of the molecule is Cc1ccc(/C=C2/SC3C=CC(C(=O)N4CCCCCC4)=CC3=NC2=O)cc1. The number of rotatable bonds is 2. The molecule has 4 rings (SSSR count). The van der Waals surface area contributed by atoms with E-state index in [2.05, 4.69) is 4.99 Å². The van der Waals surface area contributed by atoms with Crippen LogP contribution in [0.2, 0.25) is 0 Å². The van der Waals surface area contributed by atoms with Gasteiger partial charge in [-0.15, -0.1) is 11.8 Å². The normalized spacial score (nSPS) is 23.8. The summed E-state index contributed by atoms with van der Waals surface area (Å²) < 4.78 is 0. The van der Waals surface area contributed by atoms with E-state index in [1.165, 1.54) is 30.2 Å². The second-order valence-corrected chi connectivity index (χ2v) is 8.65. The molecule has 28 heavy (non-hydrogen) atoms. The maximum Gasteiger partial charge on any atom is 0.283 e. The van der Waals surface area contributed by atoms with Crippen LogP contribution in [0.25, 0.3) is 6.08 Å². The van der Waals surface area contributed by atoms with Crippen LogP contribution in [0, 0.1) is 6.92 Å². The first kappa shape index (κ1) is 18.9. The second-order valence-electron chi connectivity index (χ2n) is 7.46. The highest BCUT2D eigenvalue weighted by atomic mass is 32.2. The second kappa shape index (κ2) is 8.31. The Hall–Kier alpha value is -2.40. The zero-order chi connectivity index (χ0) is 19.5. The zero-order valence-corrected chi connectivity index (χ0v) is 16.9. The lowest BCUT2D eigenvalue weighted by atomic mass is 10.0. The Balaban J connectivity index is 1.53. The summed E-state index contributed by atoms with van der Waals surface area (Å²) in [5.74, 6) is -0.178. The van der Waals surface area contributed by atoms with E-state index in [0.29, 0.717) is 16.2 Å². The van der Waals surface area contributed by atoms with E-state index in [9.17, 15) is 9.59 Å². The fraction of sp³-hybridized carbons (Fsp3) is 0.348. The Morgan fingerprint density at radius 2 is 1.86 bits per heavy atom. The molecular formula is C23H24N2O2S. The quantitative estimate of drug-likeness (QED) is 0.705. The molecule has 1 fully saturated rings. The highest BCUT2D eigenvalue weighted by molar-refractivity contribution is 8.05. The van der Waals surface area contributed by atoms with Gasteiger partial charge in [-0.2, -0.15) is 0 Å². The molecule has 1 aromatic rings. The average Bonchev–Trinajstić information content (AvgIpc) is 2.99. The number of aliphatic imine (C=N–C) groups is 1. The molecule has 3 aliphatic rings. The number of allylic oxidation sites excluding steroid dienone is 1. The molecule has 144 valence electrons. The van der Waals surface area contributed by atoms with Crippen molar-refractivity contribution in [3.05, 3.63) is 64.1 Å². The van der Waals surface area contributed by atoms with E-state index in [1.54, 1.807) is 6.08 Å². The van der Waals surface area contributed by atoms with Crippen molar-refractivity contribution in [3.63, 3.8) is 0 Å². The molecule has 4 nitrogen and oxygen atoms in total. The van der Waals surface area contributed by atoms with Crippen LogP contribution in [0.3, 0.4) is 0 Å². The number of aryl methyl sites for hydroxylation is 1. The van der Waals surface area contributed by atoms with Gasteiger partial charge in [-0.05, 0) is 37.5 Å². The van der Waals surface area contributed by atoms with Crippen molar-refractivity contribution >= 4 is 35.4 Å². The van der Waals surface area contributed by atoms with Crippen LogP contribution in [0.4, 0.5) is 0 Å². The molecule has 1 aliphatic carbocycles. The number of nitrogens with zero attached hydrogens (tertiary/aromatic N) is 2. The van der Waals surface area contributed by atoms with Crippen LogP contribution >= 0.6 is 11.8 Å². The van der Waals surface area contributed by atoms with E-state index in [-0.39, 0.29) is 17.1 Å².